The molecule has 6 heteroatoms. The molecule has 0 bridgehead atoms. The van der Waals surface area contributed by atoms with Gasteiger partial charge in [0.15, 0.2) is 0 Å². The molecule has 0 fully saturated rings. The lowest BCUT2D eigenvalue weighted by Gasteiger charge is -2.08. The number of nitrogens with one attached hydrogen (secondary N) is 1. The molecule has 6 nitrogen and oxygen atoms in total. The zero-order valence-corrected chi connectivity index (χ0v) is 9.91. The van der Waals surface area contributed by atoms with Gasteiger partial charge in [-0.2, -0.15) is 5.10 Å². The SMILES string of the molecule is CCCn1nc(C)c(N)c1NCC(=O)OC. The van der Waals surface area contributed by atoms with E-state index < -0.39 is 0 Å². The number of methoxy groups -OCH3 is 1. The molecule has 0 amide bonds. The van der Waals surface area contributed by atoms with Crippen LogP contribution in [0.3, 0.4) is 0 Å². The number of esters is 1. The van der Waals surface area contributed by atoms with E-state index in [9.17, 15) is 4.79 Å². The molecular formula is C10H18N4O2. The van der Waals surface area contributed by atoms with Crippen LogP contribution in [-0.4, -0.2) is 29.4 Å². The van der Waals surface area contributed by atoms with Crippen molar-refractivity contribution in [1.29, 1.82) is 0 Å². The fourth-order valence-corrected chi connectivity index (χ4v) is 1.38. The Bertz CT molecular complexity index is 373. The van der Waals surface area contributed by atoms with E-state index in [-0.39, 0.29) is 12.5 Å². The predicted molar refractivity (Wildman–Crippen MR) is 62.2 cm³/mol. The molecule has 0 saturated heterocycles. The van der Waals surface area contributed by atoms with Gasteiger partial charge < -0.3 is 15.8 Å². The summed E-state index contributed by atoms with van der Waals surface area (Å²) >= 11 is 0. The lowest BCUT2D eigenvalue weighted by molar-refractivity contribution is -0.138. The number of hydrogen-bond acceptors (Lipinski definition) is 5. The number of aryl methyl sites for hydroxylation is 2. The van der Waals surface area contributed by atoms with E-state index in [1.54, 1.807) is 4.68 Å². The third kappa shape index (κ3) is 2.65. The number of aromatic nitrogens is 2. The third-order valence-corrected chi connectivity index (χ3v) is 2.24. The van der Waals surface area contributed by atoms with Gasteiger partial charge in [-0.25, -0.2) is 4.68 Å². The fraction of sp³-hybridized carbons (Fsp3) is 0.600. The molecule has 0 aliphatic rings. The van der Waals surface area contributed by atoms with Gasteiger partial charge in [0.1, 0.15) is 12.4 Å². The molecule has 90 valence electrons. The molecule has 0 radical (unpaired) electrons. The fourth-order valence-electron chi connectivity index (χ4n) is 1.38. The Morgan fingerprint density at radius 1 is 1.62 bits per heavy atom. The van der Waals surface area contributed by atoms with Crippen molar-refractivity contribution in [2.45, 2.75) is 26.8 Å². The first-order valence-electron chi connectivity index (χ1n) is 5.23. The summed E-state index contributed by atoms with van der Waals surface area (Å²) in [5, 5.41) is 7.22. The second kappa shape index (κ2) is 5.39. The maximum Gasteiger partial charge on any atom is 0.325 e. The molecule has 0 aromatic carbocycles. The summed E-state index contributed by atoms with van der Waals surface area (Å²) in [5.41, 5.74) is 7.21. The second-order valence-electron chi connectivity index (χ2n) is 3.50. The van der Waals surface area contributed by atoms with Gasteiger partial charge in [-0.1, -0.05) is 6.92 Å². The molecule has 0 aliphatic heterocycles. The van der Waals surface area contributed by atoms with Crippen molar-refractivity contribution in [3.8, 4) is 0 Å². The number of ether oxygens (including phenoxy) is 1. The Morgan fingerprint density at radius 2 is 2.31 bits per heavy atom. The molecule has 3 N–H and O–H groups in total. The number of nitrogens with two attached hydrogens (primary N) is 1. The van der Waals surface area contributed by atoms with Gasteiger partial charge in [0.2, 0.25) is 0 Å². The Balaban J connectivity index is 2.80. The van der Waals surface area contributed by atoms with E-state index in [0.29, 0.717) is 11.5 Å². The second-order valence-corrected chi connectivity index (χ2v) is 3.50. The van der Waals surface area contributed by atoms with Gasteiger partial charge in [0, 0.05) is 6.54 Å². The van der Waals surface area contributed by atoms with E-state index in [1.807, 2.05) is 6.92 Å². The maximum atomic E-state index is 11.0. The van der Waals surface area contributed by atoms with Gasteiger partial charge in [-0.15, -0.1) is 0 Å². The van der Waals surface area contributed by atoms with Crippen LogP contribution in [0.25, 0.3) is 0 Å². The van der Waals surface area contributed by atoms with E-state index >= 15 is 0 Å². The predicted octanol–water partition coefficient (Wildman–Crippen LogP) is 0.769. The average Bonchev–Trinajstić information content (AvgIpc) is 2.53. The van der Waals surface area contributed by atoms with Gasteiger partial charge in [-0.05, 0) is 13.3 Å². The van der Waals surface area contributed by atoms with Crippen LogP contribution < -0.4 is 11.1 Å². The summed E-state index contributed by atoms with van der Waals surface area (Å²) in [4.78, 5) is 11.0. The highest BCUT2D eigenvalue weighted by molar-refractivity contribution is 5.76. The summed E-state index contributed by atoms with van der Waals surface area (Å²) in [6.45, 7) is 4.75. The smallest absolute Gasteiger partial charge is 0.325 e. The molecule has 1 aromatic heterocycles. The lowest BCUT2D eigenvalue weighted by atomic mass is 10.4. The Labute approximate surface area is 94.8 Å². The molecule has 1 heterocycles. The minimum atomic E-state index is -0.332. The normalized spacial score (nSPS) is 10.2. The van der Waals surface area contributed by atoms with Crippen molar-refractivity contribution in [3.05, 3.63) is 5.69 Å². The van der Waals surface area contributed by atoms with Crippen LogP contribution in [0.15, 0.2) is 0 Å². The van der Waals surface area contributed by atoms with Gasteiger partial charge >= 0.3 is 5.97 Å². The van der Waals surface area contributed by atoms with Crippen LogP contribution in [0.1, 0.15) is 19.0 Å². The number of hydrogen-bond donors (Lipinski definition) is 2. The van der Waals surface area contributed by atoms with Crippen molar-refractivity contribution >= 4 is 17.5 Å². The van der Waals surface area contributed by atoms with Gasteiger partial charge in [0.05, 0.1) is 18.5 Å². The number of carbonyl (C=O) groups is 1. The van der Waals surface area contributed by atoms with Crippen molar-refractivity contribution < 1.29 is 9.53 Å². The molecule has 1 aromatic rings. The monoisotopic (exact) mass is 226 g/mol. The molecular weight excluding hydrogens is 208 g/mol. The molecule has 0 unspecified atom stereocenters. The molecule has 0 spiro atoms. The summed E-state index contributed by atoms with van der Waals surface area (Å²) in [6.07, 6.45) is 0.952. The van der Waals surface area contributed by atoms with Crippen LogP contribution in [-0.2, 0) is 16.1 Å². The highest BCUT2D eigenvalue weighted by Gasteiger charge is 2.12. The highest BCUT2D eigenvalue weighted by atomic mass is 16.5. The number of carbonyl (C=O) groups excluding carboxylic acids is 1. The summed E-state index contributed by atoms with van der Waals surface area (Å²) in [6, 6.07) is 0. The Morgan fingerprint density at radius 3 is 2.88 bits per heavy atom. The lowest BCUT2D eigenvalue weighted by Crippen LogP contribution is -2.18. The van der Waals surface area contributed by atoms with Crippen molar-refractivity contribution in [2.24, 2.45) is 0 Å². The van der Waals surface area contributed by atoms with Crippen molar-refractivity contribution in [3.63, 3.8) is 0 Å². The number of nitrogen functional groups attached to an aromatic ring is 1. The third-order valence-electron chi connectivity index (χ3n) is 2.24. The summed E-state index contributed by atoms with van der Waals surface area (Å²) in [5.74, 6) is 0.353. The van der Waals surface area contributed by atoms with Crippen LogP contribution in [0.4, 0.5) is 11.5 Å². The molecule has 0 aliphatic carbocycles. The Kier molecular flexibility index (Phi) is 4.16. The van der Waals surface area contributed by atoms with Gasteiger partial charge in [-0.3, -0.25) is 4.79 Å². The first kappa shape index (κ1) is 12.4. The topological polar surface area (TPSA) is 82.2 Å². The van der Waals surface area contributed by atoms with Crippen molar-refractivity contribution in [2.75, 3.05) is 24.7 Å². The first-order valence-corrected chi connectivity index (χ1v) is 5.23. The van der Waals surface area contributed by atoms with Crippen molar-refractivity contribution in [1.82, 2.24) is 9.78 Å². The summed E-state index contributed by atoms with van der Waals surface area (Å²) in [7, 11) is 1.35. The summed E-state index contributed by atoms with van der Waals surface area (Å²) < 4.78 is 6.32. The number of anilines is 2. The molecule has 0 atom stereocenters. The zero-order chi connectivity index (χ0) is 12.1. The van der Waals surface area contributed by atoms with Crippen LogP contribution >= 0.6 is 0 Å². The largest absolute Gasteiger partial charge is 0.468 e. The average molecular weight is 226 g/mol. The first-order chi connectivity index (χ1) is 7.60. The van der Waals surface area contributed by atoms with E-state index in [4.69, 9.17) is 5.73 Å². The van der Waals surface area contributed by atoms with E-state index in [2.05, 4.69) is 22.1 Å². The van der Waals surface area contributed by atoms with Crippen LogP contribution in [0, 0.1) is 6.92 Å². The van der Waals surface area contributed by atoms with Crippen LogP contribution in [0.5, 0.6) is 0 Å². The van der Waals surface area contributed by atoms with E-state index in [1.165, 1.54) is 7.11 Å². The molecule has 0 saturated carbocycles. The van der Waals surface area contributed by atoms with Crippen LogP contribution in [0.2, 0.25) is 0 Å². The molecule has 16 heavy (non-hydrogen) atoms. The highest BCUT2D eigenvalue weighted by Crippen LogP contribution is 2.22. The standard InChI is InChI=1S/C10H18N4O2/c1-4-5-14-10(9(11)7(2)13-14)12-6-8(15)16-3/h12H,4-6,11H2,1-3H3. The molecule has 1 rings (SSSR count). The van der Waals surface area contributed by atoms with E-state index in [0.717, 1.165) is 18.7 Å². The maximum absolute atomic E-state index is 11.0. The Hall–Kier alpha value is -1.72. The minimum absolute atomic E-state index is 0.0928. The minimum Gasteiger partial charge on any atom is -0.468 e. The number of rotatable bonds is 5. The quantitative estimate of drug-likeness (QED) is 0.725. The van der Waals surface area contributed by atoms with Gasteiger partial charge in [0.25, 0.3) is 0 Å². The number of nitrogens with zero attached hydrogens (tertiary/aromatic N) is 2. The zero-order valence-electron chi connectivity index (χ0n) is 9.91.